The van der Waals surface area contributed by atoms with Gasteiger partial charge in [-0.25, -0.2) is 9.59 Å². The van der Waals surface area contributed by atoms with Crippen molar-refractivity contribution >= 4 is 28.6 Å². The number of fused-ring (bicyclic) bond motifs is 1. The van der Waals surface area contributed by atoms with E-state index in [1.165, 1.54) is 0 Å². The van der Waals surface area contributed by atoms with Crippen molar-refractivity contribution in [3.8, 4) is 0 Å². The molecule has 0 saturated heterocycles. The summed E-state index contributed by atoms with van der Waals surface area (Å²) in [6, 6.07) is 14.3. The summed E-state index contributed by atoms with van der Waals surface area (Å²) in [5.41, 5.74) is 2.41. The smallest absolute Gasteiger partial charge is 0.410 e. The van der Waals surface area contributed by atoms with Gasteiger partial charge in [0.1, 0.15) is 5.60 Å². The lowest BCUT2D eigenvalue weighted by Crippen LogP contribution is -2.39. The fraction of sp³-hybridized carbons (Fsp3) is 0.292. The number of aromatic amines is 1. The molecule has 2 heterocycles. The Bertz CT molecular complexity index is 1230. The van der Waals surface area contributed by atoms with Gasteiger partial charge in [0.05, 0.1) is 11.0 Å². The molecule has 160 valence electrons. The summed E-state index contributed by atoms with van der Waals surface area (Å²) < 4.78 is 7.03. The van der Waals surface area contributed by atoms with E-state index in [4.69, 9.17) is 4.74 Å². The highest BCUT2D eigenvalue weighted by Crippen LogP contribution is 2.23. The second-order valence-electron chi connectivity index (χ2n) is 8.56. The van der Waals surface area contributed by atoms with Crippen molar-refractivity contribution in [2.24, 2.45) is 0 Å². The van der Waals surface area contributed by atoms with Crippen molar-refractivity contribution in [3.63, 3.8) is 0 Å². The molecule has 4 rings (SSSR count). The van der Waals surface area contributed by atoms with Crippen LogP contribution in [0, 0.1) is 0 Å². The first-order chi connectivity index (χ1) is 14.7. The quantitative estimate of drug-likeness (QED) is 0.650. The lowest BCUT2D eigenvalue weighted by molar-refractivity contribution is 0.0269. The summed E-state index contributed by atoms with van der Waals surface area (Å²) in [5, 5.41) is 0. The molecule has 1 aliphatic heterocycles. The number of hydrogen-bond donors (Lipinski definition) is 1. The molecule has 0 radical (unpaired) electrons. The summed E-state index contributed by atoms with van der Waals surface area (Å²) in [7, 11) is 0. The summed E-state index contributed by atoms with van der Waals surface area (Å²) in [4.78, 5) is 42.1. The number of ether oxygens (including phenoxy) is 1. The van der Waals surface area contributed by atoms with Gasteiger partial charge in [0.2, 0.25) is 0 Å². The molecule has 0 atom stereocenters. The maximum atomic E-state index is 12.7. The number of aromatic nitrogens is 2. The number of benzene rings is 2. The molecular formula is C24H25N3O4. The van der Waals surface area contributed by atoms with Gasteiger partial charge in [-0.2, -0.15) is 0 Å². The zero-order valence-corrected chi connectivity index (χ0v) is 17.8. The van der Waals surface area contributed by atoms with E-state index in [1.807, 2.05) is 45.0 Å². The zero-order chi connectivity index (χ0) is 22.2. The highest BCUT2D eigenvalue weighted by Gasteiger charge is 2.25. The zero-order valence-electron chi connectivity index (χ0n) is 17.8. The van der Waals surface area contributed by atoms with Crippen molar-refractivity contribution in [2.45, 2.75) is 32.8 Å². The molecular weight excluding hydrogens is 394 g/mol. The number of hydrogen-bond acceptors (Lipinski definition) is 4. The molecule has 0 fully saturated rings. The van der Waals surface area contributed by atoms with Gasteiger partial charge in [-0.15, -0.1) is 0 Å². The Kier molecular flexibility index (Phi) is 5.27. The summed E-state index contributed by atoms with van der Waals surface area (Å²) in [6.45, 7) is 6.33. The molecule has 3 aromatic rings. The summed E-state index contributed by atoms with van der Waals surface area (Å²) in [6.07, 6.45) is 2.03. The molecule has 0 aliphatic carbocycles. The lowest BCUT2D eigenvalue weighted by Gasteiger charge is -2.29. The number of amides is 1. The highest BCUT2D eigenvalue weighted by molar-refractivity contribution is 6.10. The Morgan fingerprint density at radius 2 is 1.77 bits per heavy atom. The van der Waals surface area contributed by atoms with Gasteiger partial charge in [0, 0.05) is 36.3 Å². The van der Waals surface area contributed by atoms with E-state index in [1.54, 1.807) is 39.8 Å². The monoisotopic (exact) mass is 419 g/mol. The number of nitrogens with one attached hydrogen (secondary N) is 1. The molecule has 1 aliphatic rings. The molecule has 0 spiro atoms. The second-order valence-corrected chi connectivity index (χ2v) is 8.56. The van der Waals surface area contributed by atoms with Crippen LogP contribution in [0.5, 0.6) is 0 Å². The molecule has 0 unspecified atom stereocenters. The van der Waals surface area contributed by atoms with E-state index in [2.05, 4.69) is 4.98 Å². The van der Waals surface area contributed by atoms with E-state index in [0.717, 1.165) is 5.70 Å². The van der Waals surface area contributed by atoms with Crippen LogP contribution in [0.4, 0.5) is 4.79 Å². The van der Waals surface area contributed by atoms with Crippen LogP contribution >= 0.6 is 0 Å². The first-order valence-electron chi connectivity index (χ1n) is 10.2. The highest BCUT2D eigenvalue weighted by atomic mass is 16.6. The Morgan fingerprint density at radius 3 is 2.42 bits per heavy atom. The Balaban J connectivity index is 1.59. The number of carbonyl (C=O) groups excluding carboxylic acids is 2. The molecule has 1 aromatic heterocycles. The maximum absolute atomic E-state index is 12.7. The minimum absolute atomic E-state index is 0.0963. The predicted octanol–water partition coefficient (Wildman–Crippen LogP) is 4.04. The first-order valence-corrected chi connectivity index (χ1v) is 10.2. The predicted molar refractivity (Wildman–Crippen MR) is 119 cm³/mol. The van der Waals surface area contributed by atoms with Gasteiger partial charge < -0.3 is 14.6 Å². The van der Waals surface area contributed by atoms with E-state index in [9.17, 15) is 14.4 Å². The van der Waals surface area contributed by atoms with Gasteiger partial charge in [-0.1, -0.05) is 30.3 Å². The molecule has 7 nitrogen and oxygen atoms in total. The van der Waals surface area contributed by atoms with Crippen LogP contribution in [0.1, 0.15) is 43.1 Å². The Hall–Kier alpha value is -3.61. The average Bonchev–Trinajstić information content (AvgIpc) is 3.07. The number of carbonyl (C=O) groups is 2. The van der Waals surface area contributed by atoms with E-state index in [0.29, 0.717) is 41.7 Å². The third-order valence-corrected chi connectivity index (χ3v) is 5.10. The number of ketones is 1. The van der Waals surface area contributed by atoms with E-state index >= 15 is 0 Å². The Morgan fingerprint density at radius 1 is 1.03 bits per heavy atom. The van der Waals surface area contributed by atoms with Crippen LogP contribution in [-0.4, -0.2) is 45.0 Å². The summed E-state index contributed by atoms with van der Waals surface area (Å²) >= 11 is 0. The van der Waals surface area contributed by atoms with Crippen LogP contribution in [0.3, 0.4) is 0 Å². The minimum atomic E-state index is -0.552. The number of imidazole rings is 1. The molecule has 0 bridgehead atoms. The largest absolute Gasteiger partial charge is 0.444 e. The third kappa shape index (κ3) is 4.30. The molecule has 31 heavy (non-hydrogen) atoms. The SMILES string of the molecule is CC(C)(C)OC(=O)N1CC=C(n2c(=O)[nH]c3cc(C(=O)c4ccccc4)ccc32)CC1. The number of rotatable bonds is 3. The van der Waals surface area contributed by atoms with Gasteiger partial charge in [0.15, 0.2) is 5.78 Å². The van der Waals surface area contributed by atoms with Crippen LogP contribution < -0.4 is 5.69 Å². The topological polar surface area (TPSA) is 84.4 Å². The lowest BCUT2D eigenvalue weighted by atomic mass is 10.0. The summed E-state index contributed by atoms with van der Waals surface area (Å²) in [5.74, 6) is -0.0963. The average molecular weight is 419 g/mol. The standard InChI is InChI=1S/C24H25N3O4/c1-24(2,3)31-23(30)26-13-11-18(12-14-26)27-20-10-9-17(15-19(20)25-22(27)29)21(28)16-7-5-4-6-8-16/h4-11,15H,12-14H2,1-3H3,(H,25,29). The third-order valence-electron chi connectivity index (χ3n) is 5.10. The van der Waals surface area contributed by atoms with Gasteiger partial charge in [-0.05, 0) is 45.0 Å². The van der Waals surface area contributed by atoms with Crippen molar-refractivity contribution in [2.75, 3.05) is 13.1 Å². The van der Waals surface area contributed by atoms with E-state index in [-0.39, 0.29) is 17.6 Å². The molecule has 1 N–H and O–H groups in total. The Labute approximate surface area is 179 Å². The number of H-pyrrole nitrogens is 1. The van der Waals surface area contributed by atoms with Crippen molar-refractivity contribution < 1.29 is 14.3 Å². The van der Waals surface area contributed by atoms with E-state index < -0.39 is 5.60 Å². The van der Waals surface area contributed by atoms with Crippen LogP contribution in [0.2, 0.25) is 0 Å². The van der Waals surface area contributed by atoms with Gasteiger partial charge >= 0.3 is 11.8 Å². The maximum Gasteiger partial charge on any atom is 0.410 e. The molecule has 0 saturated carbocycles. The van der Waals surface area contributed by atoms with Crippen LogP contribution in [0.25, 0.3) is 16.7 Å². The number of nitrogens with zero attached hydrogens (tertiary/aromatic N) is 2. The molecule has 7 heteroatoms. The van der Waals surface area contributed by atoms with Crippen LogP contribution in [-0.2, 0) is 4.74 Å². The van der Waals surface area contributed by atoms with Gasteiger partial charge in [-0.3, -0.25) is 9.36 Å². The fourth-order valence-electron chi connectivity index (χ4n) is 3.65. The van der Waals surface area contributed by atoms with Crippen molar-refractivity contribution in [3.05, 3.63) is 76.2 Å². The molecule has 2 aromatic carbocycles. The van der Waals surface area contributed by atoms with Crippen molar-refractivity contribution in [1.29, 1.82) is 0 Å². The molecule has 1 amide bonds. The second kappa shape index (κ2) is 7.91. The normalized spacial score (nSPS) is 14.4. The van der Waals surface area contributed by atoms with Gasteiger partial charge in [0.25, 0.3) is 0 Å². The van der Waals surface area contributed by atoms with Crippen molar-refractivity contribution in [1.82, 2.24) is 14.5 Å². The fourth-order valence-corrected chi connectivity index (χ4v) is 3.65. The van der Waals surface area contributed by atoms with Crippen LogP contribution in [0.15, 0.2) is 59.4 Å². The first kappa shape index (κ1) is 20.7. The minimum Gasteiger partial charge on any atom is -0.444 e.